The van der Waals surface area contributed by atoms with Crippen molar-refractivity contribution >= 4 is 34.8 Å². The lowest BCUT2D eigenvalue weighted by Gasteiger charge is -2.08. The van der Waals surface area contributed by atoms with E-state index in [1.54, 1.807) is 42.5 Å². The fraction of sp³-hybridized carbons (Fsp3) is 0.0455. The minimum Gasteiger partial charge on any atom is -0.484 e. The number of benzene rings is 3. The molecular formula is C22H15Cl2N3O3. The Morgan fingerprint density at radius 1 is 0.867 bits per heavy atom. The van der Waals surface area contributed by atoms with Crippen LogP contribution in [0.1, 0.15) is 0 Å². The molecule has 3 aromatic carbocycles. The van der Waals surface area contributed by atoms with Crippen LogP contribution in [0.4, 0.5) is 5.69 Å². The van der Waals surface area contributed by atoms with Crippen molar-refractivity contribution in [3.05, 3.63) is 82.8 Å². The molecule has 6 nitrogen and oxygen atoms in total. The number of rotatable bonds is 6. The van der Waals surface area contributed by atoms with Gasteiger partial charge in [0, 0.05) is 16.8 Å². The van der Waals surface area contributed by atoms with Crippen molar-refractivity contribution in [2.24, 2.45) is 0 Å². The van der Waals surface area contributed by atoms with E-state index < -0.39 is 0 Å². The predicted octanol–water partition coefficient (Wildman–Crippen LogP) is 5.73. The van der Waals surface area contributed by atoms with Crippen molar-refractivity contribution in [2.75, 3.05) is 11.9 Å². The monoisotopic (exact) mass is 439 g/mol. The molecule has 1 aromatic heterocycles. The molecule has 8 heteroatoms. The largest absolute Gasteiger partial charge is 0.484 e. The topological polar surface area (TPSA) is 77.2 Å². The highest BCUT2D eigenvalue weighted by atomic mass is 35.5. The first kappa shape index (κ1) is 19.9. The summed E-state index contributed by atoms with van der Waals surface area (Å²) in [6.07, 6.45) is 0. The summed E-state index contributed by atoms with van der Waals surface area (Å²) in [4.78, 5) is 12.1. The zero-order chi connectivity index (χ0) is 20.9. The number of nitrogens with zero attached hydrogens (tertiary/aromatic N) is 2. The summed E-state index contributed by atoms with van der Waals surface area (Å²) in [5.41, 5.74) is 2.14. The molecule has 1 N–H and O–H groups in total. The van der Waals surface area contributed by atoms with Crippen molar-refractivity contribution in [3.63, 3.8) is 0 Å². The highest BCUT2D eigenvalue weighted by Gasteiger charge is 2.11. The van der Waals surface area contributed by atoms with E-state index in [2.05, 4.69) is 15.5 Å². The molecule has 0 saturated heterocycles. The standard InChI is InChI=1S/C22H15Cl2N3O3/c23-18-11-8-16(12-19(18)24)25-20(28)13-29-17-9-6-15(7-10-17)22-27-26-21(30-22)14-4-2-1-3-5-14/h1-12H,13H2,(H,25,28). The fourth-order valence-electron chi connectivity index (χ4n) is 2.65. The number of hydrogen-bond donors (Lipinski definition) is 1. The molecule has 0 saturated carbocycles. The quantitative estimate of drug-likeness (QED) is 0.415. The van der Waals surface area contributed by atoms with Crippen LogP contribution in [-0.4, -0.2) is 22.7 Å². The van der Waals surface area contributed by atoms with E-state index >= 15 is 0 Å². The van der Waals surface area contributed by atoms with Crippen LogP contribution < -0.4 is 10.1 Å². The van der Waals surface area contributed by atoms with Crippen molar-refractivity contribution in [3.8, 4) is 28.7 Å². The van der Waals surface area contributed by atoms with Gasteiger partial charge in [0.2, 0.25) is 11.8 Å². The van der Waals surface area contributed by atoms with E-state index in [4.69, 9.17) is 32.4 Å². The fourth-order valence-corrected chi connectivity index (χ4v) is 2.95. The number of carbonyl (C=O) groups is 1. The number of aromatic nitrogens is 2. The van der Waals surface area contributed by atoms with E-state index in [9.17, 15) is 4.79 Å². The van der Waals surface area contributed by atoms with E-state index in [0.29, 0.717) is 33.3 Å². The SMILES string of the molecule is O=C(COc1ccc(-c2nnc(-c3ccccc3)o2)cc1)Nc1ccc(Cl)c(Cl)c1. The Morgan fingerprint density at radius 3 is 2.20 bits per heavy atom. The van der Waals surface area contributed by atoms with Gasteiger partial charge in [0.25, 0.3) is 5.91 Å². The van der Waals surface area contributed by atoms with Gasteiger partial charge in [0.15, 0.2) is 6.61 Å². The van der Waals surface area contributed by atoms with Crippen LogP contribution in [0.2, 0.25) is 10.0 Å². The average Bonchev–Trinajstić information content (AvgIpc) is 3.26. The van der Waals surface area contributed by atoms with Gasteiger partial charge in [-0.25, -0.2) is 0 Å². The van der Waals surface area contributed by atoms with Gasteiger partial charge in [-0.15, -0.1) is 10.2 Å². The number of halogens is 2. The Kier molecular flexibility index (Phi) is 5.97. The molecule has 0 aliphatic rings. The molecule has 0 aliphatic carbocycles. The molecule has 150 valence electrons. The van der Waals surface area contributed by atoms with Crippen molar-refractivity contribution in [1.29, 1.82) is 0 Å². The minimum atomic E-state index is -0.318. The van der Waals surface area contributed by atoms with Crippen LogP contribution in [0.5, 0.6) is 5.75 Å². The zero-order valence-electron chi connectivity index (χ0n) is 15.5. The summed E-state index contributed by atoms with van der Waals surface area (Å²) in [5.74, 6) is 1.07. The lowest BCUT2D eigenvalue weighted by Crippen LogP contribution is -2.20. The predicted molar refractivity (Wildman–Crippen MR) is 116 cm³/mol. The molecule has 0 atom stereocenters. The zero-order valence-corrected chi connectivity index (χ0v) is 17.0. The lowest BCUT2D eigenvalue weighted by atomic mass is 10.2. The molecule has 0 unspecified atom stereocenters. The third kappa shape index (κ3) is 4.79. The van der Waals surface area contributed by atoms with Gasteiger partial charge in [-0.1, -0.05) is 41.4 Å². The molecule has 4 aromatic rings. The van der Waals surface area contributed by atoms with Gasteiger partial charge < -0.3 is 14.5 Å². The molecule has 4 rings (SSSR count). The van der Waals surface area contributed by atoms with Crippen molar-refractivity contribution < 1.29 is 13.9 Å². The molecule has 0 spiro atoms. The van der Waals surface area contributed by atoms with Crippen LogP contribution in [0.3, 0.4) is 0 Å². The van der Waals surface area contributed by atoms with Gasteiger partial charge >= 0.3 is 0 Å². The number of ether oxygens (including phenoxy) is 1. The first-order valence-electron chi connectivity index (χ1n) is 8.95. The third-order valence-electron chi connectivity index (χ3n) is 4.12. The summed E-state index contributed by atoms with van der Waals surface area (Å²) in [6.45, 7) is -0.154. The molecule has 1 amide bonds. The Bertz CT molecular complexity index is 1160. The van der Waals surface area contributed by atoms with Crippen LogP contribution in [0.25, 0.3) is 22.9 Å². The summed E-state index contributed by atoms with van der Waals surface area (Å²) in [6, 6.07) is 21.4. The summed E-state index contributed by atoms with van der Waals surface area (Å²) in [7, 11) is 0. The van der Waals surface area contributed by atoms with Crippen LogP contribution in [0, 0.1) is 0 Å². The Balaban J connectivity index is 1.35. The van der Waals surface area contributed by atoms with Crippen LogP contribution in [-0.2, 0) is 4.79 Å². The molecule has 0 aliphatic heterocycles. The second-order valence-electron chi connectivity index (χ2n) is 6.27. The molecule has 0 bridgehead atoms. The second kappa shape index (κ2) is 8.98. The smallest absolute Gasteiger partial charge is 0.262 e. The Labute approximate surface area is 182 Å². The summed E-state index contributed by atoms with van der Waals surface area (Å²) >= 11 is 11.8. The number of anilines is 1. The Morgan fingerprint density at radius 2 is 1.53 bits per heavy atom. The average molecular weight is 440 g/mol. The Hall–Kier alpha value is -3.35. The molecule has 30 heavy (non-hydrogen) atoms. The van der Waals surface area contributed by atoms with Crippen LogP contribution >= 0.6 is 23.2 Å². The van der Waals surface area contributed by atoms with Gasteiger partial charge in [-0.05, 0) is 54.6 Å². The molecule has 1 heterocycles. The minimum absolute atomic E-state index is 0.154. The maximum absolute atomic E-state index is 12.1. The number of amides is 1. The summed E-state index contributed by atoms with van der Waals surface area (Å²) in [5, 5.41) is 11.6. The van der Waals surface area contributed by atoms with Crippen LogP contribution in [0.15, 0.2) is 77.2 Å². The van der Waals surface area contributed by atoms with E-state index in [0.717, 1.165) is 11.1 Å². The number of carbonyl (C=O) groups excluding carboxylic acids is 1. The maximum atomic E-state index is 12.1. The van der Waals surface area contributed by atoms with Gasteiger partial charge in [0.1, 0.15) is 5.75 Å². The van der Waals surface area contributed by atoms with E-state index in [-0.39, 0.29) is 12.5 Å². The first-order chi connectivity index (χ1) is 14.6. The highest BCUT2D eigenvalue weighted by molar-refractivity contribution is 6.42. The van der Waals surface area contributed by atoms with Crippen molar-refractivity contribution in [1.82, 2.24) is 10.2 Å². The number of hydrogen-bond acceptors (Lipinski definition) is 5. The second-order valence-corrected chi connectivity index (χ2v) is 7.08. The van der Waals surface area contributed by atoms with Crippen molar-refractivity contribution in [2.45, 2.75) is 0 Å². The lowest BCUT2D eigenvalue weighted by molar-refractivity contribution is -0.118. The third-order valence-corrected chi connectivity index (χ3v) is 4.86. The van der Waals surface area contributed by atoms with Gasteiger partial charge in [-0.2, -0.15) is 0 Å². The summed E-state index contributed by atoms with van der Waals surface area (Å²) < 4.78 is 11.3. The molecule has 0 radical (unpaired) electrons. The molecular weight excluding hydrogens is 425 g/mol. The van der Waals surface area contributed by atoms with Gasteiger partial charge in [-0.3, -0.25) is 4.79 Å². The number of nitrogens with one attached hydrogen (secondary N) is 1. The maximum Gasteiger partial charge on any atom is 0.262 e. The molecule has 0 fully saturated rings. The van der Waals surface area contributed by atoms with Gasteiger partial charge in [0.05, 0.1) is 10.0 Å². The van der Waals surface area contributed by atoms with E-state index in [1.165, 1.54) is 0 Å². The highest BCUT2D eigenvalue weighted by Crippen LogP contribution is 2.26. The normalized spacial score (nSPS) is 10.6. The first-order valence-corrected chi connectivity index (χ1v) is 9.71. The van der Waals surface area contributed by atoms with E-state index in [1.807, 2.05) is 30.3 Å².